The van der Waals surface area contributed by atoms with E-state index in [-0.39, 0.29) is 23.8 Å². The van der Waals surface area contributed by atoms with E-state index >= 15 is 0 Å². The van der Waals surface area contributed by atoms with Crippen LogP contribution in [-0.4, -0.2) is 49.1 Å². The average Bonchev–Trinajstić information content (AvgIpc) is 3.18. The highest BCUT2D eigenvalue weighted by molar-refractivity contribution is 7.91. The van der Waals surface area contributed by atoms with Crippen LogP contribution in [0.2, 0.25) is 0 Å². The molecule has 26 heavy (non-hydrogen) atoms. The molecular formula is C17H21N3O5S. The molecule has 0 saturated carbocycles. The molecule has 2 heterocycles. The molecule has 0 bridgehead atoms. The van der Waals surface area contributed by atoms with Crippen molar-refractivity contribution in [2.75, 3.05) is 18.1 Å². The number of likely N-dealkylation sites (tertiary alicyclic amines) is 1. The molecule has 9 heteroatoms. The normalized spacial score (nSPS) is 21.6. The Labute approximate surface area is 151 Å². The fourth-order valence-electron chi connectivity index (χ4n) is 3.20. The van der Waals surface area contributed by atoms with Crippen LogP contribution in [0.25, 0.3) is 0 Å². The number of nitrogens with zero attached hydrogens (tertiary/aromatic N) is 1. The number of sulfone groups is 1. The Morgan fingerprint density at radius 1 is 1.23 bits per heavy atom. The summed E-state index contributed by atoms with van der Waals surface area (Å²) < 4.78 is 22.8. The van der Waals surface area contributed by atoms with Gasteiger partial charge >= 0.3 is 0 Å². The van der Waals surface area contributed by atoms with Crippen LogP contribution in [0.3, 0.4) is 0 Å². The molecule has 2 fully saturated rings. The summed E-state index contributed by atoms with van der Waals surface area (Å²) in [6.45, 7) is 1.17. The third kappa shape index (κ3) is 4.40. The molecule has 0 spiro atoms. The molecule has 2 aliphatic rings. The molecule has 1 aromatic carbocycles. The number of benzene rings is 1. The van der Waals surface area contributed by atoms with E-state index < -0.39 is 27.6 Å². The van der Waals surface area contributed by atoms with Crippen molar-refractivity contribution < 1.29 is 22.8 Å². The number of carbonyl (C=O) groups is 3. The molecule has 1 atom stereocenters. The van der Waals surface area contributed by atoms with Crippen molar-refractivity contribution >= 4 is 27.6 Å². The summed E-state index contributed by atoms with van der Waals surface area (Å²) >= 11 is 0. The molecule has 3 amide bonds. The van der Waals surface area contributed by atoms with Crippen LogP contribution >= 0.6 is 0 Å². The van der Waals surface area contributed by atoms with Gasteiger partial charge in [-0.1, -0.05) is 12.1 Å². The van der Waals surface area contributed by atoms with Gasteiger partial charge in [0.2, 0.25) is 11.8 Å². The molecule has 2 N–H and O–H groups in total. The summed E-state index contributed by atoms with van der Waals surface area (Å²) in [5.74, 6) is -1.71. The van der Waals surface area contributed by atoms with Crippen LogP contribution in [-0.2, 0) is 26.0 Å². The smallest absolute Gasteiger partial charge is 0.269 e. The minimum absolute atomic E-state index is 0.00367. The molecule has 0 unspecified atom stereocenters. The van der Waals surface area contributed by atoms with Gasteiger partial charge in [-0.15, -0.1) is 0 Å². The molecule has 3 rings (SSSR count). The Bertz CT molecular complexity index is 837. The molecule has 2 saturated heterocycles. The summed E-state index contributed by atoms with van der Waals surface area (Å²) in [6, 6.07) is 6.84. The first-order valence-electron chi connectivity index (χ1n) is 8.51. The maximum absolute atomic E-state index is 12.2. The van der Waals surface area contributed by atoms with Gasteiger partial charge in [-0.3, -0.25) is 25.2 Å². The first-order chi connectivity index (χ1) is 12.3. The summed E-state index contributed by atoms with van der Waals surface area (Å²) in [7, 11) is -3.16. The number of hydrogen-bond donors (Lipinski definition) is 2. The lowest BCUT2D eigenvalue weighted by Gasteiger charge is -2.16. The van der Waals surface area contributed by atoms with E-state index in [1.54, 1.807) is 23.1 Å². The number of hydrogen-bond acceptors (Lipinski definition) is 5. The molecule has 0 aromatic heterocycles. The minimum atomic E-state index is -3.16. The lowest BCUT2D eigenvalue weighted by molar-refractivity contribution is -0.128. The zero-order valence-corrected chi connectivity index (χ0v) is 15.0. The van der Waals surface area contributed by atoms with Gasteiger partial charge in [-0.05, 0) is 30.5 Å². The van der Waals surface area contributed by atoms with Gasteiger partial charge in [-0.25, -0.2) is 8.42 Å². The van der Waals surface area contributed by atoms with Crippen LogP contribution in [0, 0.1) is 5.92 Å². The predicted octanol–water partition coefficient (Wildman–Crippen LogP) is 0.00470. The molecule has 0 radical (unpaired) electrons. The molecule has 140 valence electrons. The van der Waals surface area contributed by atoms with Crippen LogP contribution in [0.5, 0.6) is 0 Å². The monoisotopic (exact) mass is 379 g/mol. The second kappa shape index (κ2) is 7.45. The van der Waals surface area contributed by atoms with Crippen molar-refractivity contribution in [1.82, 2.24) is 15.8 Å². The fraction of sp³-hybridized carbons (Fsp3) is 0.471. The molecule has 0 aliphatic carbocycles. The Morgan fingerprint density at radius 2 is 2.04 bits per heavy atom. The van der Waals surface area contributed by atoms with Crippen molar-refractivity contribution in [3.05, 3.63) is 35.4 Å². The Kier molecular flexibility index (Phi) is 5.26. The summed E-state index contributed by atoms with van der Waals surface area (Å²) in [6.07, 6.45) is 1.68. The highest BCUT2D eigenvalue weighted by atomic mass is 32.2. The van der Waals surface area contributed by atoms with Crippen molar-refractivity contribution in [3.63, 3.8) is 0 Å². The summed E-state index contributed by atoms with van der Waals surface area (Å²) in [5, 5.41) is 0. The number of hydrazine groups is 1. The lowest BCUT2D eigenvalue weighted by atomic mass is 10.1. The van der Waals surface area contributed by atoms with E-state index in [9.17, 15) is 22.8 Å². The summed E-state index contributed by atoms with van der Waals surface area (Å²) in [5.41, 5.74) is 5.80. The minimum Gasteiger partial charge on any atom is -0.338 e. The topological polar surface area (TPSA) is 113 Å². The third-order valence-electron chi connectivity index (χ3n) is 4.64. The number of carbonyl (C=O) groups excluding carboxylic acids is 3. The van der Waals surface area contributed by atoms with E-state index in [1.165, 1.54) is 0 Å². The van der Waals surface area contributed by atoms with Gasteiger partial charge in [0.25, 0.3) is 5.91 Å². The molecule has 2 aliphatic heterocycles. The van der Waals surface area contributed by atoms with Crippen molar-refractivity contribution in [2.24, 2.45) is 5.92 Å². The van der Waals surface area contributed by atoms with Gasteiger partial charge in [-0.2, -0.15) is 0 Å². The first kappa shape index (κ1) is 18.4. The largest absolute Gasteiger partial charge is 0.338 e. The lowest BCUT2D eigenvalue weighted by Crippen LogP contribution is -2.44. The van der Waals surface area contributed by atoms with Crippen LogP contribution in [0.1, 0.15) is 35.2 Å². The quantitative estimate of drug-likeness (QED) is 0.716. The number of rotatable bonds is 4. The second-order valence-corrected chi connectivity index (χ2v) is 8.89. The van der Waals surface area contributed by atoms with Crippen LogP contribution < -0.4 is 10.9 Å². The number of amides is 3. The zero-order chi connectivity index (χ0) is 18.7. The Balaban J connectivity index is 1.55. The van der Waals surface area contributed by atoms with Crippen molar-refractivity contribution in [1.29, 1.82) is 0 Å². The first-order valence-corrected chi connectivity index (χ1v) is 10.3. The predicted molar refractivity (Wildman–Crippen MR) is 93.5 cm³/mol. The maximum Gasteiger partial charge on any atom is 0.269 e. The molecule has 1 aromatic rings. The fourth-order valence-corrected chi connectivity index (χ4v) is 4.94. The molecule has 8 nitrogen and oxygen atoms in total. The third-order valence-corrected chi connectivity index (χ3v) is 6.40. The standard InChI is InChI=1S/C17H21N3O5S/c21-15-5-2-7-20(15)10-12-3-1-4-13(9-12)16(22)18-19-17(23)14-6-8-26(24,25)11-14/h1,3-4,9,14H,2,5-8,10-11H2,(H,18,22)(H,19,23)/t14-/m1/s1. The van der Waals surface area contributed by atoms with Crippen molar-refractivity contribution in [3.8, 4) is 0 Å². The SMILES string of the molecule is O=C(NNC(=O)[C@@H]1CCS(=O)(=O)C1)c1cccc(CN2CCCC2=O)c1. The highest BCUT2D eigenvalue weighted by Gasteiger charge is 2.33. The van der Waals surface area contributed by atoms with Gasteiger partial charge in [0.15, 0.2) is 9.84 Å². The van der Waals surface area contributed by atoms with Gasteiger partial charge < -0.3 is 4.90 Å². The Hall–Kier alpha value is -2.42. The maximum atomic E-state index is 12.2. The Morgan fingerprint density at radius 3 is 2.69 bits per heavy atom. The zero-order valence-electron chi connectivity index (χ0n) is 14.2. The number of nitrogens with one attached hydrogen (secondary N) is 2. The van der Waals surface area contributed by atoms with Gasteiger partial charge in [0, 0.05) is 25.1 Å². The molecular weight excluding hydrogens is 358 g/mol. The second-order valence-electron chi connectivity index (χ2n) is 6.66. The summed E-state index contributed by atoms with van der Waals surface area (Å²) in [4.78, 5) is 37.6. The average molecular weight is 379 g/mol. The van der Waals surface area contributed by atoms with Crippen LogP contribution in [0.15, 0.2) is 24.3 Å². The highest BCUT2D eigenvalue weighted by Crippen LogP contribution is 2.18. The van der Waals surface area contributed by atoms with E-state index in [0.29, 0.717) is 18.5 Å². The van der Waals surface area contributed by atoms with E-state index in [0.717, 1.165) is 18.5 Å². The van der Waals surface area contributed by atoms with Gasteiger partial charge in [0.1, 0.15) is 0 Å². The van der Waals surface area contributed by atoms with Crippen LogP contribution in [0.4, 0.5) is 0 Å². The van der Waals surface area contributed by atoms with Gasteiger partial charge in [0.05, 0.1) is 17.4 Å². The van der Waals surface area contributed by atoms with E-state index in [1.807, 2.05) is 6.07 Å². The van der Waals surface area contributed by atoms with E-state index in [4.69, 9.17) is 0 Å². The van der Waals surface area contributed by atoms with Crippen molar-refractivity contribution in [2.45, 2.75) is 25.8 Å². The van der Waals surface area contributed by atoms with E-state index in [2.05, 4.69) is 10.9 Å².